The van der Waals surface area contributed by atoms with E-state index in [-0.39, 0.29) is 47.5 Å². The van der Waals surface area contributed by atoms with Gasteiger partial charge < -0.3 is 14.6 Å². The van der Waals surface area contributed by atoms with Crippen LogP contribution in [0.3, 0.4) is 0 Å². The molecule has 1 aliphatic carbocycles. The van der Waals surface area contributed by atoms with Crippen molar-refractivity contribution >= 4 is 17.3 Å². The Labute approximate surface area is 256 Å². The topological polar surface area (TPSA) is 89.9 Å². The van der Waals surface area contributed by atoms with Gasteiger partial charge in [-0.2, -0.15) is 0 Å². The summed E-state index contributed by atoms with van der Waals surface area (Å²) in [4.78, 5) is 37.8. The molecule has 0 fully saturated rings. The largest absolute Gasteiger partial charge is 0.508 e. The molecule has 0 bridgehead atoms. The summed E-state index contributed by atoms with van der Waals surface area (Å²) in [7, 11) is 0. The molecule has 6 heteroatoms. The number of carbonyl (C=O) groups is 3. The van der Waals surface area contributed by atoms with Crippen molar-refractivity contribution in [2.75, 3.05) is 13.2 Å². The molecular formula is C38H34O6. The molecule has 4 unspecified atom stereocenters. The number of ketones is 3. The van der Waals surface area contributed by atoms with Gasteiger partial charge in [0.2, 0.25) is 0 Å². The highest BCUT2D eigenvalue weighted by atomic mass is 16.5. The number of Topliss-reactive ketones (excluding diaryl/α,β-unsaturated/α-hetero) is 3. The summed E-state index contributed by atoms with van der Waals surface area (Å²) in [5.74, 6) is 1.26. The Kier molecular flexibility index (Phi) is 6.33. The maximum Gasteiger partial charge on any atom is 0.160 e. The smallest absolute Gasteiger partial charge is 0.160 e. The standard InChI is InChI=1S/C38H34O6/c1-19-27(22(4)40)12-14-30-34-32(17-43-36(19)30)29-11-6-24(21(3)39)16-33(29)38(25-7-9-26(42)10-8-25)18-44-37-20(2)28(23(5)41)13-15-31(37)35(34)38/h6-16,32,34-35,42H,17-18H2,1-5H3. The zero-order chi connectivity index (χ0) is 31.1. The summed E-state index contributed by atoms with van der Waals surface area (Å²) in [6.07, 6.45) is 0. The number of phenols is 1. The van der Waals surface area contributed by atoms with Crippen molar-refractivity contribution in [3.63, 3.8) is 0 Å². The van der Waals surface area contributed by atoms with Crippen LogP contribution in [0, 0.1) is 13.8 Å². The van der Waals surface area contributed by atoms with Crippen LogP contribution in [-0.4, -0.2) is 35.7 Å². The van der Waals surface area contributed by atoms with Crippen LogP contribution < -0.4 is 9.47 Å². The lowest BCUT2D eigenvalue weighted by Crippen LogP contribution is -2.52. The van der Waals surface area contributed by atoms with Gasteiger partial charge in [-0.3, -0.25) is 14.4 Å². The highest BCUT2D eigenvalue weighted by Gasteiger charge is 2.59. The third-order valence-electron chi connectivity index (χ3n) is 10.2. The molecule has 0 spiro atoms. The maximum absolute atomic E-state index is 12.7. The average molecular weight is 587 g/mol. The number of phenolic OH excluding ortho intramolecular Hbond substituents is 1. The zero-order valence-corrected chi connectivity index (χ0v) is 25.5. The van der Waals surface area contributed by atoms with Gasteiger partial charge in [0.05, 0.1) is 12.0 Å². The molecule has 2 heterocycles. The van der Waals surface area contributed by atoms with Crippen LogP contribution in [0.2, 0.25) is 0 Å². The fourth-order valence-corrected chi connectivity index (χ4v) is 8.22. The second-order valence-corrected chi connectivity index (χ2v) is 12.5. The normalized spacial score (nSPS) is 22.6. The van der Waals surface area contributed by atoms with Crippen molar-refractivity contribution < 1.29 is 29.0 Å². The lowest BCUT2D eigenvalue weighted by molar-refractivity contribution is 0.0999. The molecule has 0 saturated heterocycles. The lowest BCUT2D eigenvalue weighted by Gasteiger charge is -2.56. The molecule has 4 aromatic carbocycles. The minimum Gasteiger partial charge on any atom is -0.508 e. The van der Waals surface area contributed by atoms with Gasteiger partial charge in [-0.25, -0.2) is 0 Å². The van der Waals surface area contributed by atoms with Crippen LogP contribution in [0.15, 0.2) is 66.7 Å². The number of rotatable bonds is 4. The van der Waals surface area contributed by atoms with Crippen molar-refractivity contribution in [1.82, 2.24) is 0 Å². The Balaban J connectivity index is 1.61. The van der Waals surface area contributed by atoms with Gasteiger partial charge in [0, 0.05) is 45.6 Å². The van der Waals surface area contributed by atoms with E-state index in [9.17, 15) is 19.5 Å². The number of benzene rings is 4. The molecule has 2 aliphatic heterocycles. The highest BCUT2D eigenvalue weighted by molar-refractivity contribution is 5.97. The molecule has 0 radical (unpaired) electrons. The third-order valence-corrected chi connectivity index (χ3v) is 10.2. The SMILES string of the molecule is CC(=O)c1ccc2c(c1)C1(c3ccc(O)cc3)COc3c(ccc(C(C)=O)c3C)C1C1c3ccc(C(C)=O)c(C)c3OCC21. The first-order valence-electron chi connectivity index (χ1n) is 15.0. The first-order chi connectivity index (χ1) is 21.0. The molecule has 0 saturated carbocycles. The second kappa shape index (κ2) is 9.91. The van der Waals surface area contributed by atoms with Crippen LogP contribution in [0.1, 0.15) is 109 Å². The summed E-state index contributed by atoms with van der Waals surface area (Å²) in [5, 5.41) is 10.3. The van der Waals surface area contributed by atoms with Gasteiger partial charge in [0.25, 0.3) is 0 Å². The van der Waals surface area contributed by atoms with E-state index in [1.165, 1.54) is 0 Å². The Morgan fingerprint density at radius 1 is 0.727 bits per heavy atom. The van der Waals surface area contributed by atoms with Crippen LogP contribution in [0.5, 0.6) is 17.2 Å². The molecule has 0 aromatic heterocycles. The van der Waals surface area contributed by atoms with E-state index < -0.39 is 5.41 Å². The highest BCUT2D eigenvalue weighted by Crippen LogP contribution is 2.66. The first-order valence-corrected chi connectivity index (χ1v) is 15.0. The molecular weight excluding hydrogens is 552 g/mol. The number of carbonyl (C=O) groups excluding carboxylic acids is 3. The minimum absolute atomic E-state index is 0.0102. The lowest BCUT2D eigenvalue weighted by atomic mass is 9.49. The second-order valence-electron chi connectivity index (χ2n) is 12.5. The fourth-order valence-electron chi connectivity index (χ4n) is 8.22. The first kappa shape index (κ1) is 28.1. The summed E-state index contributed by atoms with van der Waals surface area (Å²) in [6.45, 7) is 9.28. The predicted molar refractivity (Wildman–Crippen MR) is 167 cm³/mol. The Hall–Kier alpha value is -4.71. The molecule has 4 aromatic rings. The quantitative estimate of drug-likeness (QED) is 0.252. The fraction of sp³-hybridized carbons (Fsp3) is 0.289. The Morgan fingerprint density at radius 3 is 1.93 bits per heavy atom. The van der Waals surface area contributed by atoms with Gasteiger partial charge in [0.15, 0.2) is 17.3 Å². The summed E-state index contributed by atoms with van der Waals surface area (Å²) >= 11 is 0. The van der Waals surface area contributed by atoms with Gasteiger partial charge in [-0.05, 0) is 80.6 Å². The Morgan fingerprint density at radius 2 is 1.32 bits per heavy atom. The van der Waals surface area contributed by atoms with E-state index in [0.29, 0.717) is 29.0 Å². The Bertz CT molecular complexity index is 1900. The summed E-state index contributed by atoms with van der Waals surface area (Å²) < 4.78 is 13.2. The van der Waals surface area contributed by atoms with Crippen molar-refractivity contribution in [1.29, 1.82) is 0 Å². The summed E-state index contributed by atoms with van der Waals surface area (Å²) in [5.41, 5.74) is 7.86. The van der Waals surface area contributed by atoms with Crippen molar-refractivity contribution in [3.05, 3.63) is 122 Å². The molecule has 0 amide bonds. The van der Waals surface area contributed by atoms with Crippen LogP contribution >= 0.6 is 0 Å². The van der Waals surface area contributed by atoms with E-state index in [1.54, 1.807) is 32.9 Å². The monoisotopic (exact) mass is 586 g/mol. The zero-order valence-electron chi connectivity index (χ0n) is 25.5. The number of fused-ring (bicyclic) bond motifs is 10. The van der Waals surface area contributed by atoms with Crippen LogP contribution in [0.25, 0.3) is 0 Å². The minimum atomic E-state index is -0.741. The molecule has 222 valence electrons. The van der Waals surface area contributed by atoms with Gasteiger partial charge in [-0.15, -0.1) is 0 Å². The number of hydrogen-bond acceptors (Lipinski definition) is 6. The van der Waals surface area contributed by atoms with Gasteiger partial charge in [-0.1, -0.05) is 48.5 Å². The number of hydrogen-bond donors (Lipinski definition) is 1. The molecule has 4 atom stereocenters. The van der Waals surface area contributed by atoms with E-state index in [2.05, 4.69) is 6.07 Å². The molecule has 1 N–H and O–H groups in total. The van der Waals surface area contributed by atoms with Crippen molar-refractivity contribution in [2.45, 2.75) is 57.8 Å². The van der Waals surface area contributed by atoms with Crippen LogP contribution in [0.4, 0.5) is 0 Å². The molecule has 6 nitrogen and oxygen atoms in total. The van der Waals surface area contributed by atoms with Crippen LogP contribution in [-0.2, 0) is 5.41 Å². The molecule has 3 aliphatic rings. The predicted octanol–water partition coefficient (Wildman–Crippen LogP) is 7.35. The average Bonchev–Trinajstić information content (AvgIpc) is 3.00. The third kappa shape index (κ3) is 3.83. The van der Waals surface area contributed by atoms with Gasteiger partial charge in [0.1, 0.15) is 23.9 Å². The van der Waals surface area contributed by atoms with Crippen molar-refractivity contribution in [2.24, 2.45) is 0 Å². The maximum atomic E-state index is 12.7. The molecule has 44 heavy (non-hydrogen) atoms. The number of aromatic hydroxyl groups is 1. The van der Waals surface area contributed by atoms with Gasteiger partial charge >= 0.3 is 0 Å². The molecule has 7 rings (SSSR count). The number of ether oxygens (including phenoxy) is 2. The van der Waals surface area contributed by atoms with E-state index >= 15 is 0 Å². The van der Waals surface area contributed by atoms with E-state index in [1.807, 2.05) is 62.4 Å². The van der Waals surface area contributed by atoms with E-state index in [4.69, 9.17) is 9.47 Å². The summed E-state index contributed by atoms with van der Waals surface area (Å²) in [6, 6.07) is 21.1. The van der Waals surface area contributed by atoms with Crippen molar-refractivity contribution in [3.8, 4) is 17.2 Å². The van der Waals surface area contributed by atoms with E-state index in [0.717, 1.165) is 44.7 Å².